The fourth-order valence-corrected chi connectivity index (χ4v) is 4.23. The number of hydrogen-bond donors (Lipinski definition) is 2. The van der Waals surface area contributed by atoms with Gasteiger partial charge in [-0.2, -0.15) is 0 Å². The Morgan fingerprint density at radius 1 is 1.08 bits per heavy atom. The Morgan fingerprint density at radius 3 is 2.58 bits per heavy atom. The van der Waals surface area contributed by atoms with E-state index in [1.54, 1.807) is 24.4 Å². The molecule has 5 nitrogen and oxygen atoms in total. The highest BCUT2D eigenvalue weighted by Gasteiger charge is 2.20. The van der Waals surface area contributed by atoms with E-state index in [0.29, 0.717) is 0 Å². The number of nitrogens with one attached hydrogen (secondary N) is 1. The number of rotatable bonds is 5. The number of nitrogens with zero attached hydrogens (tertiary/aromatic N) is 1. The molecule has 3 N–H and O–H groups in total. The van der Waals surface area contributed by atoms with E-state index in [1.807, 2.05) is 50.4 Å². The third-order valence-corrected chi connectivity index (χ3v) is 5.87. The Morgan fingerprint density at radius 2 is 1.85 bits per heavy atom. The van der Waals surface area contributed by atoms with Crippen LogP contribution in [0.3, 0.4) is 0 Å². The van der Waals surface area contributed by atoms with Crippen LogP contribution in [0.15, 0.2) is 71.9 Å². The lowest BCUT2D eigenvalue weighted by Gasteiger charge is -2.17. The van der Waals surface area contributed by atoms with E-state index >= 15 is 0 Å². The van der Waals surface area contributed by atoms with Crippen molar-refractivity contribution < 1.29 is 8.42 Å². The van der Waals surface area contributed by atoms with Crippen molar-refractivity contribution in [1.82, 2.24) is 9.71 Å². The minimum Gasteiger partial charge on any atom is -0.398 e. The molecule has 3 rings (SSSR count). The number of aromatic nitrogens is 1. The van der Waals surface area contributed by atoms with E-state index in [-0.39, 0.29) is 10.6 Å². The van der Waals surface area contributed by atoms with E-state index in [2.05, 4.69) is 9.71 Å². The van der Waals surface area contributed by atoms with Crippen molar-refractivity contribution in [2.24, 2.45) is 0 Å². The molecule has 0 aliphatic heterocycles. The zero-order valence-electron chi connectivity index (χ0n) is 14.7. The second kappa shape index (κ2) is 7.27. The van der Waals surface area contributed by atoms with Crippen LogP contribution in [0.2, 0.25) is 0 Å². The molecular formula is C20H21N3O2S. The molecule has 0 spiro atoms. The first kappa shape index (κ1) is 18.1. The van der Waals surface area contributed by atoms with Crippen molar-refractivity contribution in [3.63, 3.8) is 0 Å². The maximum Gasteiger partial charge on any atom is 0.243 e. The first-order valence-corrected chi connectivity index (χ1v) is 9.74. The predicted octanol–water partition coefficient (Wildman–Crippen LogP) is 3.68. The number of sulfonamides is 1. The summed E-state index contributed by atoms with van der Waals surface area (Å²) in [6, 6.07) is 15.8. The maximum absolute atomic E-state index is 12.6. The van der Waals surface area contributed by atoms with Gasteiger partial charge >= 0.3 is 0 Å². The number of nitrogens with two attached hydrogens (primary N) is 1. The van der Waals surface area contributed by atoms with Gasteiger partial charge in [0.15, 0.2) is 0 Å². The van der Waals surface area contributed by atoms with Crippen LogP contribution in [-0.4, -0.2) is 13.4 Å². The lowest BCUT2D eigenvalue weighted by Crippen LogP contribution is -2.27. The summed E-state index contributed by atoms with van der Waals surface area (Å²) in [4.78, 5) is 4.21. The summed E-state index contributed by atoms with van der Waals surface area (Å²) in [5.41, 5.74) is 10.1. The van der Waals surface area contributed by atoms with Gasteiger partial charge in [0.25, 0.3) is 0 Å². The molecule has 3 aromatic rings. The summed E-state index contributed by atoms with van der Waals surface area (Å²) < 4.78 is 28.0. The van der Waals surface area contributed by atoms with Crippen LogP contribution >= 0.6 is 0 Å². The average molecular weight is 367 g/mol. The summed E-state index contributed by atoms with van der Waals surface area (Å²) >= 11 is 0. The van der Waals surface area contributed by atoms with E-state index in [4.69, 9.17) is 5.73 Å². The largest absolute Gasteiger partial charge is 0.398 e. The van der Waals surface area contributed by atoms with Gasteiger partial charge in [-0.05, 0) is 60.4 Å². The first-order chi connectivity index (χ1) is 12.4. The molecule has 1 heterocycles. The average Bonchev–Trinajstić information content (AvgIpc) is 2.62. The van der Waals surface area contributed by atoms with E-state index < -0.39 is 16.1 Å². The monoisotopic (exact) mass is 367 g/mol. The summed E-state index contributed by atoms with van der Waals surface area (Å²) in [7, 11) is -3.71. The standard InChI is InChI=1S/C20H21N3O2S/c1-14-13-22-11-10-18(14)17-7-5-6-16(12-17)15(2)23-26(24,25)20-9-4-3-8-19(20)21/h3-13,15,23H,21H2,1-2H3. The van der Waals surface area contributed by atoms with Crippen LogP contribution in [0, 0.1) is 6.92 Å². The number of anilines is 1. The van der Waals surface area contributed by atoms with Gasteiger partial charge in [0.1, 0.15) is 4.90 Å². The summed E-state index contributed by atoms with van der Waals surface area (Å²) in [5.74, 6) is 0. The number of hydrogen-bond acceptors (Lipinski definition) is 4. The Bertz CT molecular complexity index is 1030. The van der Waals surface area contributed by atoms with Crippen molar-refractivity contribution in [1.29, 1.82) is 0 Å². The molecule has 1 atom stereocenters. The molecule has 26 heavy (non-hydrogen) atoms. The molecule has 0 aliphatic rings. The summed E-state index contributed by atoms with van der Waals surface area (Å²) in [5, 5.41) is 0. The van der Waals surface area contributed by atoms with Gasteiger partial charge in [-0.3, -0.25) is 4.98 Å². The van der Waals surface area contributed by atoms with Gasteiger partial charge in [-0.15, -0.1) is 0 Å². The van der Waals surface area contributed by atoms with Gasteiger partial charge < -0.3 is 5.73 Å². The van der Waals surface area contributed by atoms with Gasteiger partial charge in [0.05, 0.1) is 5.69 Å². The number of para-hydroxylation sites is 1. The molecule has 0 aliphatic carbocycles. The van der Waals surface area contributed by atoms with Crippen LogP contribution < -0.4 is 10.5 Å². The van der Waals surface area contributed by atoms with Gasteiger partial charge in [-0.25, -0.2) is 13.1 Å². The molecular weight excluding hydrogens is 346 g/mol. The molecule has 0 fully saturated rings. The molecule has 1 unspecified atom stereocenters. The fraction of sp³-hybridized carbons (Fsp3) is 0.150. The zero-order valence-corrected chi connectivity index (χ0v) is 15.5. The minimum absolute atomic E-state index is 0.0907. The molecule has 0 saturated heterocycles. The van der Waals surface area contributed by atoms with Crippen molar-refractivity contribution in [3.8, 4) is 11.1 Å². The highest BCUT2D eigenvalue weighted by atomic mass is 32.2. The number of aryl methyl sites for hydroxylation is 1. The molecule has 0 amide bonds. The van der Waals surface area contributed by atoms with Crippen molar-refractivity contribution >= 4 is 15.7 Å². The first-order valence-electron chi connectivity index (χ1n) is 8.26. The molecule has 6 heteroatoms. The third-order valence-electron chi connectivity index (χ3n) is 4.26. The molecule has 0 saturated carbocycles. The highest BCUT2D eigenvalue weighted by molar-refractivity contribution is 7.89. The van der Waals surface area contributed by atoms with Crippen molar-refractivity contribution in [2.75, 3.05) is 5.73 Å². The minimum atomic E-state index is -3.71. The van der Waals surface area contributed by atoms with Crippen LogP contribution in [0.25, 0.3) is 11.1 Å². The lowest BCUT2D eigenvalue weighted by atomic mass is 9.99. The third kappa shape index (κ3) is 3.76. The zero-order chi connectivity index (χ0) is 18.7. The van der Waals surface area contributed by atoms with Crippen LogP contribution in [-0.2, 0) is 10.0 Å². The quantitative estimate of drug-likeness (QED) is 0.674. The number of nitrogen functional groups attached to an aromatic ring is 1. The van der Waals surface area contributed by atoms with E-state index in [0.717, 1.165) is 22.3 Å². The smallest absolute Gasteiger partial charge is 0.243 e. The maximum atomic E-state index is 12.6. The highest BCUT2D eigenvalue weighted by Crippen LogP contribution is 2.26. The number of benzene rings is 2. The summed E-state index contributed by atoms with van der Waals surface area (Å²) in [6.45, 7) is 3.81. The molecule has 1 aromatic heterocycles. The Labute approximate surface area is 154 Å². The van der Waals surface area contributed by atoms with Crippen molar-refractivity contribution in [2.45, 2.75) is 24.8 Å². The Kier molecular flexibility index (Phi) is 5.06. The molecule has 134 valence electrons. The van der Waals surface area contributed by atoms with Gasteiger partial charge in [0.2, 0.25) is 10.0 Å². The van der Waals surface area contributed by atoms with Crippen LogP contribution in [0.4, 0.5) is 5.69 Å². The second-order valence-electron chi connectivity index (χ2n) is 6.20. The van der Waals surface area contributed by atoms with Crippen molar-refractivity contribution in [3.05, 3.63) is 78.1 Å². The fourth-order valence-electron chi connectivity index (χ4n) is 2.86. The Balaban J connectivity index is 1.89. The SMILES string of the molecule is Cc1cnccc1-c1cccc(C(C)NS(=O)(=O)c2ccccc2N)c1. The van der Waals surface area contributed by atoms with Gasteiger partial charge in [0, 0.05) is 18.4 Å². The molecule has 2 aromatic carbocycles. The van der Waals surface area contributed by atoms with Gasteiger partial charge in [-0.1, -0.05) is 30.3 Å². The topological polar surface area (TPSA) is 85.1 Å². The van der Waals surface area contributed by atoms with Crippen LogP contribution in [0.1, 0.15) is 24.1 Å². The Hall–Kier alpha value is -2.70. The van der Waals surface area contributed by atoms with Crippen LogP contribution in [0.5, 0.6) is 0 Å². The van der Waals surface area contributed by atoms with E-state index in [9.17, 15) is 8.42 Å². The predicted molar refractivity (Wildman–Crippen MR) is 104 cm³/mol. The summed E-state index contributed by atoms with van der Waals surface area (Å²) in [6.07, 6.45) is 3.56. The number of pyridine rings is 1. The normalized spacial score (nSPS) is 12.7. The molecule has 0 bridgehead atoms. The molecule has 0 radical (unpaired) electrons. The second-order valence-corrected chi connectivity index (χ2v) is 7.88. The lowest BCUT2D eigenvalue weighted by molar-refractivity contribution is 0.567. The van der Waals surface area contributed by atoms with E-state index in [1.165, 1.54) is 6.07 Å².